The normalized spacial score (nSPS) is 25.9. The van der Waals surface area contributed by atoms with E-state index in [1.165, 1.54) is 62.7 Å². The minimum Gasteiger partial charge on any atom is -0.464 e. The lowest BCUT2D eigenvalue weighted by molar-refractivity contribution is -0.123. The minimum absolute atomic E-state index is 0.263. The molecular formula is C28H40N2O3. The van der Waals surface area contributed by atoms with E-state index in [0.29, 0.717) is 24.3 Å². The van der Waals surface area contributed by atoms with E-state index < -0.39 is 0 Å². The molecule has 5 nitrogen and oxygen atoms in total. The average molecular weight is 453 g/mol. The highest BCUT2D eigenvalue weighted by atomic mass is 16.5. The number of para-hydroxylation sites is 1. The molecule has 0 spiro atoms. The molecule has 1 aromatic carbocycles. The van der Waals surface area contributed by atoms with Gasteiger partial charge in [0.15, 0.2) is 0 Å². The zero-order valence-electron chi connectivity index (χ0n) is 20.0. The van der Waals surface area contributed by atoms with Gasteiger partial charge in [-0.15, -0.1) is 0 Å². The van der Waals surface area contributed by atoms with E-state index in [1.807, 2.05) is 12.3 Å². The Morgan fingerprint density at radius 3 is 2.48 bits per heavy atom. The number of nitrogens with one attached hydrogen (secondary N) is 1. The maximum absolute atomic E-state index is 12.4. The number of rotatable bonds is 7. The minimum atomic E-state index is 0.263. The number of ether oxygens (including phenoxy) is 1. The van der Waals surface area contributed by atoms with Gasteiger partial charge in [-0.05, 0) is 101 Å². The van der Waals surface area contributed by atoms with Crippen LogP contribution in [0.25, 0.3) is 11.0 Å². The van der Waals surface area contributed by atoms with Gasteiger partial charge in [0.2, 0.25) is 5.91 Å². The smallest absolute Gasteiger partial charge is 0.220 e. The molecule has 5 heteroatoms. The fourth-order valence-corrected chi connectivity index (χ4v) is 6.24. The van der Waals surface area contributed by atoms with Gasteiger partial charge in [0, 0.05) is 36.6 Å². The zero-order chi connectivity index (χ0) is 22.5. The summed E-state index contributed by atoms with van der Waals surface area (Å²) in [5.41, 5.74) is 2.42. The number of likely N-dealkylation sites (tertiary alicyclic amines) is 1. The van der Waals surface area contributed by atoms with Crippen LogP contribution in [0, 0.1) is 11.8 Å². The monoisotopic (exact) mass is 452 g/mol. The van der Waals surface area contributed by atoms with Gasteiger partial charge in [-0.3, -0.25) is 4.79 Å². The second kappa shape index (κ2) is 11.1. The maximum Gasteiger partial charge on any atom is 0.220 e. The average Bonchev–Trinajstić information content (AvgIpc) is 3.29. The highest BCUT2D eigenvalue weighted by Crippen LogP contribution is 2.35. The standard InChI is InChI=1S/C28H40N2O3/c31-28(19-22-12-17-32-18-13-22)29-24-7-5-21(6-8-24)9-14-30-15-10-23(11-16-30)26-20-33-27-4-2-1-3-25(26)27/h1-4,20-24H,5-19H2,(H,29,31). The highest BCUT2D eigenvalue weighted by molar-refractivity contribution is 5.81. The van der Waals surface area contributed by atoms with E-state index in [4.69, 9.17) is 9.15 Å². The zero-order valence-corrected chi connectivity index (χ0v) is 20.0. The summed E-state index contributed by atoms with van der Waals surface area (Å²) in [4.78, 5) is 15.1. The Morgan fingerprint density at radius 1 is 0.939 bits per heavy atom. The molecule has 1 aromatic heterocycles. The largest absolute Gasteiger partial charge is 0.464 e. The van der Waals surface area contributed by atoms with Crippen molar-refractivity contribution in [1.82, 2.24) is 10.2 Å². The number of nitrogens with zero attached hydrogens (tertiary/aromatic N) is 1. The van der Waals surface area contributed by atoms with Crippen molar-refractivity contribution >= 4 is 16.9 Å². The number of carbonyl (C=O) groups is 1. The number of piperidine rings is 1. The first-order valence-corrected chi connectivity index (χ1v) is 13.3. The number of amides is 1. The Bertz CT molecular complexity index is 887. The summed E-state index contributed by atoms with van der Waals surface area (Å²) in [5.74, 6) is 2.24. The molecule has 0 bridgehead atoms. The van der Waals surface area contributed by atoms with Crippen molar-refractivity contribution in [2.45, 2.75) is 76.2 Å². The fourth-order valence-electron chi connectivity index (χ4n) is 6.24. The number of furan rings is 1. The molecule has 1 amide bonds. The third-order valence-electron chi connectivity index (χ3n) is 8.42. The molecule has 3 heterocycles. The fraction of sp³-hybridized carbons (Fsp3) is 0.679. The summed E-state index contributed by atoms with van der Waals surface area (Å²) in [5, 5.41) is 4.62. The van der Waals surface area contributed by atoms with Gasteiger partial charge in [0.1, 0.15) is 5.58 Å². The second-order valence-electron chi connectivity index (χ2n) is 10.6. The quantitative estimate of drug-likeness (QED) is 0.603. The van der Waals surface area contributed by atoms with Crippen molar-refractivity contribution < 1.29 is 13.9 Å². The van der Waals surface area contributed by atoms with Crippen LogP contribution >= 0.6 is 0 Å². The van der Waals surface area contributed by atoms with E-state index in [0.717, 1.165) is 50.4 Å². The van der Waals surface area contributed by atoms with Crippen LogP contribution in [0.4, 0.5) is 0 Å². The lowest BCUT2D eigenvalue weighted by atomic mass is 9.83. The van der Waals surface area contributed by atoms with Crippen LogP contribution in [0.1, 0.15) is 75.7 Å². The number of hydrogen-bond acceptors (Lipinski definition) is 4. The summed E-state index contributed by atoms with van der Waals surface area (Å²) in [6.45, 7) is 5.26. The molecule has 3 aliphatic rings. The van der Waals surface area contributed by atoms with Gasteiger partial charge >= 0.3 is 0 Å². The predicted molar refractivity (Wildman–Crippen MR) is 131 cm³/mol. The maximum atomic E-state index is 12.4. The van der Waals surface area contributed by atoms with Crippen LogP contribution in [-0.4, -0.2) is 49.7 Å². The van der Waals surface area contributed by atoms with Crippen LogP contribution in [0.5, 0.6) is 0 Å². The molecule has 1 saturated carbocycles. The predicted octanol–water partition coefficient (Wildman–Crippen LogP) is 5.49. The van der Waals surface area contributed by atoms with Crippen molar-refractivity contribution in [1.29, 1.82) is 0 Å². The first-order chi connectivity index (χ1) is 16.2. The van der Waals surface area contributed by atoms with E-state index in [-0.39, 0.29) is 5.91 Å². The van der Waals surface area contributed by atoms with Crippen molar-refractivity contribution in [3.8, 4) is 0 Å². The molecule has 2 aliphatic heterocycles. The first kappa shape index (κ1) is 22.9. The lowest BCUT2D eigenvalue weighted by Gasteiger charge is -2.34. The van der Waals surface area contributed by atoms with E-state index >= 15 is 0 Å². The number of fused-ring (bicyclic) bond motifs is 1. The summed E-state index contributed by atoms with van der Waals surface area (Å²) in [7, 11) is 0. The summed E-state index contributed by atoms with van der Waals surface area (Å²) in [6.07, 6.45) is 13.4. The first-order valence-electron chi connectivity index (χ1n) is 13.3. The summed E-state index contributed by atoms with van der Waals surface area (Å²) >= 11 is 0. The molecule has 2 saturated heterocycles. The van der Waals surface area contributed by atoms with Gasteiger partial charge in [-0.2, -0.15) is 0 Å². The SMILES string of the molecule is O=C(CC1CCOCC1)NC1CCC(CCN2CCC(c3coc4ccccc34)CC2)CC1. The van der Waals surface area contributed by atoms with E-state index in [1.54, 1.807) is 0 Å². The summed E-state index contributed by atoms with van der Waals surface area (Å²) in [6, 6.07) is 8.83. The molecule has 1 aliphatic carbocycles. The van der Waals surface area contributed by atoms with Crippen LogP contribution in [0.2, 0.25) is 0 Å². The third-order valence-corrected chi connectivity index (χ3v) is 8.42. The van der Waals surface area contributed by atoms with Crippen molar-refractivity contribution in [3.05, 3.63) is 36.1 Å². The third kappa shape index (κ3) is 5.99. The van der Waals surface area contributed by atoms with Gasteiger partial charge in [0.05, 0.1) is 6.26 Å². The molecule has 180 valence electrons. The Hall–Kier alpha value is -1.85. The van der Waals surface area contributed by atoms with Crippen LogP contribution in [-0.2, 0) is 9.53 Å². The van der Waals surface area contributed by atoms with Crippen LogP contribution in [0.3, 0.4) is 0 Å². The number of benzene rings is 1. The van der Waals surface area contributed by atoms with Crippen molar-refractivity contribution in [3.63, 3.8) is 0 Å². The Kier molecular flexibility index (Phi) is 7.67. The molecule has 0 atom stereocenters. The van der Waals surface area contributed by atoms with Crippen LogP contribution in [0.15, 0.2) is 34.9 Å². The highest BCUT2D eigenvalue weighted by Gasteiger charge is 2.26. The Balaban J connectivity index is 0.985. The molecule has 0 unspecified atom stereocenters. The molecule has 2 aromatic rings. The van der Waals surface area contributed by atoms with Gasteiger partial charge in [-0.1, -0.05) is 18.2 Å². The Morgan fingerprint density at radius 2 is 1.70 bits per heavy atom. The van der Waals surface area contributed by atoms with Crippen LogP contribution < -0.4 is 5.32 Å². The number of carbonyl (C=O) groups excluding carboxylic acids is 1. The van der Waals surface area contributed by atoms with Crippen molar-refractivity contribution in [2.75, 3.05) is 32.8 Å². The van der Waals surface area contributed by atoms with E-state index in [9.17, 15) is 4.79 Å². The molecule has 33 heavy (non-hydrogen) atoms. The van der Waals surface area contributed by atoms with Gasteiger partial charge < -0.3 is 19.4 Å². The second-order valence-corrected chi connectivity index (χ2v) is 10.6. The summed E-state index contributed by atoms with van der Waals surface area (Å²) < 4.78 is 11.2. The molecule has 1 N–H and O–H groups in total. The topological polar surface area (TPSA) is 54.7 Å². The molecule has 0 radical (unpaired) electrons. The van der Waals surface area contributed by atoms with Gasteiger partial charge in [-0.25, -0.2) is 0 Å². The molecule has 5 rings (SSSR count). The molecule has 3 fully saturated rings. The molecular weight excluding hydrogens is 412 g/mol. The Labute approximate surface area is 198 Å². The lowest BCUT2D eigenvalue weighted by Crippen LogP contribution is -2.39. The van der Waals surface area contributed by atoms with Gasteiger partial charge in [0.25, 0.3) is 0 Å². The van der Waals surface area contributed by atoms with E-state index in [2.05, 4.69) is 28.4 Å². The van der Waals surface area contributed by atoms with Crippen molar-refractivity contribution in [2.24, 2.45) is 11.8 Å². The number of hydrogen-bond donors (Lipinski definition) is 1.